The van der Waals surface area contributed by atoms with Gasteiger partial charge in [0.1, 0.15) is 0 Å². The van der Waals surface area contributed by atoms with Crippen LogP contribution < -0.4 is 0 Å². The van der Waals surface area contributed by atoms with Crippen molar-refractivity contribution in [1.82, 2.24) is 0 Å². The fourth-order valence-corrected chi connectivity index (χ4v) is 5.20. The maximum atomic E-state index is 13.9. The highest BCUT2D eigenvalue weighted by Crippen LogP contribution is 2.52. The predicted molar refractivity (Wildman–Crippen MR) is 144 cm³/mol. The van der Waals surface area contributed by atoms with Gasteiger partial charge in [0.2, 0.25) is 0 Å². The van der Waals surface area contributed by atoms with Crippen LogP contribution in [0.3, 0.4) is 0 Å². The van der Waals surface area contributed by atoms with Crippen LogP contribution >= 0.6 is 7.82 Å². The van der Waals surface area contributed by atoms with Gasteiger partial charge in [0.05, 0.1) is 19.8 Å². The Kier molecular flexibility index (Phi) is 8.77. The van der Waals surface area contributed by atoms with Gasteiger partial charge in [-0.25, -0.2) is 4.57 Å². The molecule has 0 aliphatic rings. The van der Waals surface area contributed by atoms with Crippen molar-refractivity contribution in [2.45, 2.75) is 82.1 Å². The normalized spacial score (nSPS) is 11.8. The summed E-state index contributed by atoms with van der Waals surface area (Å²) in [4.78, 5) is 0. The van der Waals surface area contributed by atoms with E-state index in [0.29, 0.717) is 0 Å². The fourth-order valence-electron chi connectivity index (χ4n) is 4.09. The number of hydrogen-bond donors (Lipinski definition) is 0. The molecule has 3 rings (SSSR count). The number of hydrogen-bond acceptors (Lipinski definition) is 4. The van der Waals surface area contributed by atoms with Crippen LogP contribution in [0.4, 0.5) is 0 Å². The van der Waals surface area contributed by atoms with Crippen molar-refractivity contribution < 1.29 is 18.1 Å². The molecular formula is C30H39O4P. The number of phosphoric ester groups is 1. The van der Waals surface area contributed by atoms with Gasteiger partial charge in [-0.2, -0.15) is 0 Å². The molecule has 0 aromatic heterocycles. The van der Waals surface area contributed by atoms with Gasteiger partial charge in [0.15, 0.2) is 0 Å². The monoisotopic (exact) mass is 494 g/mol. The molecule has 188 valence electrons. The summed E-state index contributed by atoms with van der Waals surface area (Å²) in [7, 11) is -3.86. The number of phosphoric acid groups is 1. The second-order valence-corrected chi connectivity index (χ2v) is 11.5. The van der Waals surface area contributed by atoms with Gasteiger partial charge in [0, 0.05) is 0 Å². The van der Waals surface area contributed by atoms with E-state index >= 15 is 0 Å². The van der Waals surface area contributed by atoms with E-state index in [1.807, 2.05) is 20.8 Å². The number of rotatable bonds is 9. The third-order valence-electron chi connectivity index (χ3n) is 6.99. The zero-order valence-corrected chi connectivity index (χ0v) is 23.6. The van der Waals surface area contributed by atoms with Crippen LogP contribution in [-0.4, -0.2) is 0 Å². The minimum Gasteiger partial charge on any atom is -0.282 e. The Morgan fingerprint density at radius 3 is 0.914 bits per heavy atom. The van der Waals surface area contributed by atoms with E-state index in [1.165, 1.54) is 33.4 Å². The van der Waals surface area contributed by atoms with E-state index < -0.39 is 7.82 Å². The summed E-state index contributed by atoms with van der Waals surface area (Å²) in [5.41, 5.74) is 13.4. The first kappa shape index (κ1) is 27.4. The van der Waals surface area contributed by atoms with Crippen LogP contribution in [0, 0.1) is 62.3 Å². The molecule has 5 heteroatoms. The Hall–Kier alpha value is -2.23. The zero-order chi connectivity index (χ0) is 25.9. The zero-order valence-electron chi connectivity index (χ0n) is 22.7. The van der Waals surface area contributed by atoms with Gasteiger partial charge in [-0.1, -0.05) is 36.4 Å². The molecule has 0 amide bonds. The summed E-state index contributed by atoms with van der Waals surface area (Å²) in [5, 5.41) is 0. The van der Waals surface area contributed by atoms with Gasteiger partial charge in [-0.15, -0.1) is 0 Å². The molecule has 0 saturated heterocycles. The van der Waals surface area contributed by atoms with Crippen LogP contribution in [0.1, 0.15) is 66.8 Å². The summed E-state index contributed by atoms with van der Waals surface area (Å²) in [6.45, 7) is 19.0. The SMILES string of the molecule is Cc1cc(C)c(COP(=O)(OCc2cc(C)c(C)cc2C)OCc2cc(C)c(C)cc2C)cc1C. The highest BCUT2D eigenvalue weighted by atomic mass is 31.2. The maximum absolute atomic E-state index is 13.9. The lowest BCUT2D eigenvalue weighted by atomic mass is 10.0. The van der Waals surface area contributed by atoms with Crippen LogP contribution in [0.15, 0.2) is 36.4 Å². The quantitative estimate of drug-likeness (QED) is 0.280. The first-order chi connectivity index (χ1) is 16.4. The van der Waals surface area contributed by atoms with Crippen LogP contribution in [0.2, 0.25) is 0 Å². The Balaban J connectivity index is 1.84. The second kappa shape index (κ2) is 11.2. The number of aryl methyl sites for hydroxylation is 9. The highest BCUT2D eigenvalue weighted by Gasteiger charge is 2.28. The van der Waals surface area contributed by atoms with Crippen molar-refractivity contribution in [3.8, 4) is 0 Å². The van der Waals surface area contributed by atoms with Crippen LogP contribution in [-0.2, 0) is 38.0 Å². The molecule has 3 aromatic carbocycles. The lowest BCUT2D eigenvalue weighted by Crippen LogP contribution is -2.05. The van der Waals surface area contributed by atoms with Crippen LogP contribution in [0.25, 0.3) is 0 Å². The van der Waals surface area contributed by atoms with Crippen LogP contribution in [0.5, 0.6) is 0 Å². The average Bonchev–Trinajstić information content (AvgIpc) is 2.78. The first-order valence-electron chi connectivity index (χ1n) is 12.1. The Bertz CT molecular complexity index is 1120. The highest BCUT2D eigenvalue weighted by molar-refractivity contribution is 7.48. The predicted octanol–water partition coefficient (Wildman–Crippen LogP) is 8.52. The van der Waals surface area contributed by atoms with Crippen molar-refractivity contribution in [3.63, 3.8) is 0 Å². The lowest BCUT2D eigenvalue weighted by molar-refractivity contribution is 0.0975. The van der Waals surface area contributed by atoms with Gasteiger partial charge in [-0.05, 0) is 129 Å². The van der Waals surface area contributed by atoms with Gasteiger partial charge in [0.25, 0.3) is 0 Å². The summed E-state index contributed by atoms with van der Waals surface area (Å²) in [6.07, 6.45) is 0. The smallest absolute Gasteiger partial charge is 0.282 e. The number of benzene rings is 3. The molecule has 0 heterocycles. The summed E-state index contributed by atoms with van der Waals surface area (Å²) in [5.74, 6) is 0. The molecule has 0 spiro atoms. The van der Waals surface area contributed by atoms with E-state index in [2.05, 4.69) is 77.9 Å². The van der Waals surface area contributed by atoms with Crippen molar-refractivity contribution in [3.05, 3.63) is 103 Å². The maximum Gasteiger partial charge on any atom is 0.475 e. The second-order valence-electron chi connectivity index (χ2n) is 9.86. The third-order valence-corrected chi connectivity index (χ3v) is 8.33. The van der Waals surface area contributed by atoms with Crippen molar-refractivity contribution in [2.75, 3.05) is 0 Å². The molecule has 35 heavy (non-hydrogen) atoms. The molecule has 0 bridgehead atoms. The van der Waals surface area contributed by atoms with Gasteiger partial charge in [-0.3, -0.25) is 13.6 Å². The van der Waals surface area contributed by atoms with Gasteiger partial charge >= 0.3 is 7.82 Å². The molecule has 4 nitrogen and oxygen atoms in total. The molecular weight excluding hydrogens is 455 g/mol. The molecule has 3 aromatic rings. The standard InChI is InChI=1S/C30H39O4P/c1-19-10-25(7)28(13-22(19)4)16-32-35(31,33-17-29-14-23(5)20(2)11-26(29)8)34-18-30-15-24(6)21(3)12-27(30)9/h10-15H,16-18H2,1-9H3. The molecule has 0 atom stereocenters. The summed E-state index contributed by atoms with van der Waals surface area (Å²) < 4.78 is 31.7. The van der Waals surface area contributed by atoms with Crippen molar-refractivity contribution >= 4 is 7.82 Å². The average molecular weight is 495 g/mol. The lowest BCUT2D eigenvalue weighted by Gasteiger charge is -2.21. The summed E-state index contributed by atoms with van der Waals surface area (Å²) in [6, 6.07) is 12.6. The van der Waals surface area contributed by atoms with E-state index in [-0.39, 0.29) is 19.8 Å². The third kappa shape index (κ3) is 6.92. The molecule has 0 fully saturated rings. The van der Waals surface area contributed by atoms with E-state index in [0.717, 1.165) is 33.4 Å². The Morgan fingerprint density at radius 1 is 0.429 bits per heavy atom. The molecule has 0 aliphatic carbocycles. The summed E-state index contributed by atoms with van der Waals surface area (Å²) >= 11 is 0. The van der Waals surface area contributed by atoms with E-state index in [9.17, 15) is 4.57 Å². The van der Waals surface area contributed by atoms with E-state index in [4.69, 9.17) is 13.6 Å². The van der Waals surface area contributed by atoms with E-state index in [1.54, 1.807) is 0 Å². The largest absolute Gasteiger partial charge is 0.475 e. The molecule has 0 unspecified atom stereocenters. The molecule has 0 aliphatic heterocycles. The first-order valence-corrected chi connectivity index (χ1v) is 13.6. The topological polar surface area (TPSA) is 44.8 Å². The van der Waals surface area contributed by atoms with Crippen molar-refractivity contribution in [1.29, 1.82) is 0 Å². The molecule has 0 saturated carbocycles. The van der Waals surface area contributed by atoms with Crippen molar-refractivity contribution in [2.24, 2.45) is 0 Å². The molecule has 0 N–H and O–H groups in total. The minimum absolute atomic E-state index is 0.155. The minimum atomic E-state index is -3.86. The fraction of sp³-hybridized carbons (Fsp3) is 0.400. The Morgan fingerprint density at radius 2 is 0.657 bits per heavy atom. The van der Waals surface area contributed by atoms with Gasteiger partial charge < -0.3 is 0 Å². The molecule has 0 radical (unpaired) electrons. The Labute approximate surface area is 211 Å².